The van der Waals surface area contributed by atoms with Crippen molar-refractivity contribution < 1.29 is 14.4 Å². The lowest BCUT2D eigenvalue weighted by atomic mass is 10.3. The van der Waals surface area contributed by atoms with Crippen LogP contribution >= 0.6 is 0 Å². The number of carboxylic acids is 1. The minimum Gasteiger partial charge on any atom is -0.476 e. The molecule has 0 aliphatic carbocycles. The second-order valence-corrected chi connectivity index (χ2v) is 3.68. The number of aromatic carboxylic acids is 1. The zero-order valence-electron chi connectivity index (χ0n) is 9.33. The first kappa shape index (κ1) is 11.2. The van der Waals surface area contributed by atoms with Gasteiger partial charge in [0.25, 0.3) is 0 Å². The Labute approximate surface area is 98.3 Å². The molecule has 2 rings (SSSR count). The molecule has 0 atom stereocenters. The second kappa shape index (κ2) is 4.69. The van der Waals surface area contributed by atoms with E-state index in [1.807, 2.05) is 42.3 Å². The number of para-hydroxylation sites is 1. The van der Waals surface area contributed by atoms with Crippen molar-refractivity contribution in [2.24, 2.45) is 0 Å². The third kappa shape index (κ3) is 2.63. The molecule has 0 aliphatic rings. The molecule has 1 aromatic carbocycles. The molecule has 0 fully saturated rings. The zero-order valence-corrected chi connectivity index (χ0v) is 9.33. The van der Waals surface area contributed by atoms with Crippen molar-refractivity contribution in [2.75, 3.05) is 11.9 Å². The number of hydrogen-bond acceptors (Lipinski definition) is 4. The van der Waals surface area contributed by atoms with Crippen LogP contribution in [0.1, 0.15) is 16.2 Å². The summed E-state index contributed by atoms with van der Waals surface area (Å²) < 4.78 is 4.95. The number of hydrogen-bond donors (Lipinski definition) is 1. The zero-order chi connectivity index (χ0) is 12.3. The molecule has 0 saturated carbocycles. The fraction of sp³-hybridized carbons (Fsp3) is 0.167. The van der Waals surface area contributed by atoms with Crippen molar-refractivity contribution in [3.8, 4) is 0 Å². The van der Waals surface area contributed by atoms with Gasteiger partial charge in [-0.1, -0.05) is 23.4 Å². The van der Waals surface area contributed by atoms with Crippen LogP contribution in [0.5, 0.6) is 0 Å². The summed E-state index contributed by atoms with van der Waals surface area (Å²) in [5.74, 6) is -0.559. The summed E-state index contributed by atoms with van der Waals surface area (Å²) in [5, 5.41) is 12.2. The van der Waals surface area contributed by atoms with E-state index in [1.54, 1.807) is 0 Å². The largest absolute Gasteiger partial charge is 0.476 e. The number of anilines is 1. The van der Waals surface area contributed by atoms with E-state index in [2.05, 4.69) is 5.16 Å². The second-order valence-electron chi connectivity index (χ2n) is 3.68. The van der Waals surface area contributed by atoms with Crippen LogP contribution in [0.25, 0.3) is 0 Å². The number of nitrogens with zero attached hydrogens (tertiary/aromatic N) is 2. The molecule has 0 bridgehead atoms. The highest BCUT2D eigenvalue weighted by molar-refractivity contribution is 5.85. The molecule has 5 heteroatoms. The Morgan fingerprint density at radius 2 is 2.12 bits per heavy atom. The highest BCUT2D eigenvalue weighted by Crippen LogP contribution is 2.15. The van der Waals surface area contributed by atoms with E-state index >= 15 is 0 Å². The molecule has 0 amide bonds. The van der Waals surface area contributed by atoms with Crippen LogP contribution in [0.4, 0.5) is 5.69 Å². The monoisotopic (exact) mass is 232 g/mol. The van der Waals surface area contributed by atoms with Gasteiger partial charge in [0, 0.05) is 18.8 Å². The summed E-state index contributed by atoms with van der Waals surface area (Å²) >= 11 is 0. The SMILES string of the molecule is CN(Cc1cc(C(=O)O)no1)c1ccccc1. The molecular formula is C12H12N2O3. The highest BCUT2D eigenvalue weighted by atomic mass is 16.5. The Balaban J connectivity index is 2.08. The van der Waals surface area contributed by atoms with Crippen LogP contribution in [0.15, 0.2) is 40.9 Å². The average molecular weight is 232 g/mol. The highest BCUT2D eigenvalue weighted by Gasteiger charge is 2.12. The molecule has 0 unspecified atom stereocenters. The Morgan fingerprint density at radius 1 is 1.41 bits per heavy atom. The Hall–Kier alpha value is -2.30. The molecule has 1 aromatic heterocycles. The number of rotatable bonds is 4. The van der Waals surface area contributed by atoms with Gasteiger partial charge in [-0.05, 0) is 12.1 Å². The van der Waals surface area contributed by atoms with Crippen molar-refractivity contribution in [3.63, 3.8) is 0 Å². The first-order chi connectivity index (χ1) is 8.16. The van der Waals surface area contributed by atoms with E-state index in [4.69, 9.17) is 9.63 Å². The Kier molecular flexibility index (Phi) is 3.09. The van der Waals surface area contributed by atoms with Crippen molar-refractivity contribution in [1.82, 2.24) is 5.16 Å². The summed E-state index contributed by atoms with van der Waals surface area (Å²) in [6.45, 7) is 0.476. The lowest BCUT2D eigenvalue weighted by molar-refractivity contribution is 0.0685. The lowest BCUT2D eigenvalue weighted by Crippen LogP contribution is -2.15. The fourth-order valence-corrected chi connectivity index (χ4v) is 1.50. The summed E-state index contributed by atoms with van der Waals surface area (Å²) in [7, 11) is 1.90. The normalized spacial score (nSPS) is 10.2. The Morgan fingerprint density at radius 3 is 2.71 bits per heavy atom. The van der Waals surface area contributed by atoms with Crippen LogP contribution in [0, 0.1) is 0 Å². The number of carboxylic acid groups (broad SMARTS) is 1. The van der Waals surface area contributed by atoms with Gasteiger partial charge in [0.05, 0.1) is 6.54 Å². The third-order valence-electron chi connectivity index (χ3n) is 2.37. The number of benzene rings is 1. The molecule has 0 spiro atoms. The van der Waals surface area contributed by atoms with Gasteiger partial charge in [0.2, 0.25) is 0 Å². The topological polar surface area (TPSA) is 66.6 Å². The molecule has 88 valence electrons. The maximum atomic E-state index is 10.6. The first-order valence-electron chi connectivity index (χ1n) is 5.12. The van der Waals surface area contributed by atoms with Crippen molar-refractivity contribution >= 4 is 11.7 Å². The van der Waals surface area contributed by atoms with Gasteiger partial charge in [0.15, 0.2) is 11.5 Å². The number of carbonyl (C=O) groups is 1. The molecule has 2 aromatic rings. The van der Waals surface area contributed by atoms with Gasteiger partial charge < -0.3 is 14.5 Å². The molecule has 0 radical (unpaired) electrons. The summed E-state index contributed by atoms with van der Waals surface area (Å²) in [6.07, 6.45) is 0. The smallest absolute Gasteiger partial charge is 0.358 e. The standard InChI is InChI=1S/C12H12N2O3/c1-14(9-5-3-2-4-6-9)8-10-7-11(12(15)16)13-17-10/h2-7H,8H2,1H3,(H,15,16). The van der Waals surface area contributed by atoms with Crippen molar-refractivity contribution in [2.45, 2.75) is 6.54 Å². The molecule has 5 nitrogen and oxygen atoms in total. The van der Waals surface area contributed by atoms with Gasteiger partial charge in [-0.2, -0.15) is 0 Å². The molecule has 0 saturated heterocycles. The van der Waals surface area contributed by atoms with Crippen molar-refractivity contribution in [3.05, 3.63) is 47.9 Å². The van der Waals surface area contributed by atoms with Gasteiger partial charge in [-0.15, -0.1) is 0 Å². The summed E-state index contributed by atoms with van der Waals surface area (Å²) in [6, 6.07) is 11.2. The van der Waals surface area contributed by atoms with Crippen LogP contribution in [0.2, 0.25) is 0 Å². The molecule has 0 aliphatic heterocycles. The maximum Gasteiger partial charge on any atom is 0.358 e. The van der Waals surface area contributed by atoms with Crippen LogP contribution in [-0.4, -0.2) is 23.3 Å². The average Bonchev–Trinajstić information content (AvgIpc) is 2.79. The van der Waals surface area contributed by atoms with E-state index in [-0.39, 0.29) is 5.69 Å². The predicted molar refractivity (Wildman–Crippen MR) is 62.0 cm³/mol. The molecular weight excluding hydrogens is 220 g/mol. The Bertz CT molecular complexity index is 507. The minimum atomic E-state index is -1.08. The van der Waals surface area contributed by atoms with Gasteiger partial charge in [0.1, 0.15) is 0 Å². The summed E-state index contributed by atoms with van der Waals surface area (Å²) in [5.41, 5.74) is 0.960. The molecule has 1 N–H and O–H groups in total. The van der Waals surface area contributed by atoms with Gasteiger partial charge in [-0.25, -0.2) is 4.79 Å². The predicted octanol–water partition coefficient (Wildman–Crippen LogP) is 2.01. The van der Waals surface area contributed by atoms with E-state index in [9.17, 15) is 4.79 Å². The quantitative estimate of drug-likeness (QED) is 0.873. The number of aromatic nitrogens is 1. The molecule has 1 heterocycles. The lowest BCUT2D eigenvalue weighted by Gasteiger charge is -2.16. The van der Waals surface area contributed by atoms with Crippen LogP contribution in [-0.2, 0) is 6.54 Å². The van der Waals surface area contributed by atoms with Gasteiger partial charge >= 0.3 is 5.97 Å². The molecule has 17 heavy (non-hydrogen) atoms. The maximum absolute atomic E-state index is 10.6. The van der Waals surface area contributed by atoms with E-state index in [0.29, 0.717) is 12.3 Å². The minimum absolute atomic E-state index is 0.0681. The van der Waals surface area contributed by atoms with Crippen molar-refractivity contribution in [1.29, 1.82) is 0 Å². The third-order valence-corrected chi connectivity index (χ3v) is 2.37. The fourth-order valence-electron chi connectivity index (χ4n) is 1.50. The van der Waals surface area contributed by atoms with Gasteiger partial charge in [-0.3, -0.25) is 0 Å². The van der Waals surface area contributed by atoms with E-state index < -0.39 is 5.97 Å². The first-order valence-corrected chi connectivity index (χ1v) is 5.12. The van der Waals surface area contributed by atoms with Crippen LogP contribution in [0.3, 0.4) is 0 Å². The van der Waals surface area contributed by atoms with E-state index in [1.165, 1.54) is 6.07 Å². The van der Waals surface area contributed by atoms with E-state index in [0.717, 1.165) is 5.69 Å². The van der Waals surface area contributed by atoms with Crippen LogP contribution < -0.4 is 4.90 Å². The summed E-state index contributed by atoms with van der Waals surface area (Å²) in [4.78, 5) is 12.6.